The number of carbonyl (C=O) groups excluding carboxylic acids is 6. The second-order valence-corrected chi connectivity index (χ2v) is 13.9. The van der Waals surface area contributed by atoms with E-state index in [-0.39, 0.29) is 83.9 Å². The highest BCUT2D eigenvalue weighted by molar-refractivity contribution is 8.01. The Bertz CT molecular complexity index is 848. The molecular weight excluding hydrogens is 588 g/mol. The van der Waals surface area contributed by atoms with Crippen LogP contribution >= 0.6 is 23.5 Å². The zero-order valence-electron chi connectivity index (χ0n) is 28.8. The molecule has 4 N–H and O–H groups in total. The molecule has 0 aliphatic rings. The van der Waals surface area contributed by atoms with Gasteiger partial charge in [0.05, 0.1) is 16.3 Å². The number of amides is 4. The first-order valence-electron chi connectivity index (χ1n) is 15.3. The summed E-state index contributed by atoms with van der Waals surface area (Å²) in [4.78, 5) is 70.5. The highest BCUT2D eigenvalue weighted by Crippen LogP contribution is 2.18. The number of carbonyl (C=O) groups is 6. The van der Waals surface area contributed by atoms with Crippen LogP contribution in [0.2, 0.25) is 0 Å². The molecule has 12 heteroatoms. The number of ketones is 2. The van der Waals surface area contributed by atoms with Crippen molar-refractivity contribution in [3.63, 3.8) is 0 Å². The number of Topliss-reactive ketones (excluding diaryl/α,β-unsaturated/α-hetero) is 2. The molecule has 0 aliphatic carbocycles. The van der Waals surface area contributed by atoms with Crippen LogP contribution in [0.1, 0.15) is 109 Å². The van der Waals surface area contributed by atoms with Crippen LogP contribution in [-0.4, -0.2) is 81.4 Å². The summed E-state index contributed by atoms with van der Waals surface area (Å²) in [5, 5.41) is 10.2. The highest BCUT2D eigenvalue weighted by Gasteiger charge is 2.25. The van der Waals surface area contributed by atoms with Crippen LogP contribution in [0.5, 0.6) is 0 Å². The van der Waals surface area contributed by atoms with Gasteiger partial charge in [0.25, 0.3) is 0 Å². The fourth-order valence-corrected chi connectivity index (χ4v) is 5.37. The molecule has 0 saturated carbocycles. The monoisotopic (exact) mass is 648 g/mol. The average molecular weight is 649 g/mol. The number of hydrogen-bond donors (Lipinski definition) is 4. The van der Waals surface area contributed by atoms with Crippen LogP contribution in [-0.2, 0) is 28.8 Å². The van der Waals surface area contributed by atoms with Crippen molar-refractivity contribution in [2.24, 2.45) is 5.92 Å². The first-order valence-corrected chi connectivity index (χ1v) is 17.4. The Balaban J connectivity index is -0.000000704. The van der Waals surface area contributed by atoms with Crippen molar-refractivity contribution < 1.29 is 28.8 Å². The predicted octanol–water partition coefficient (Wildman–Crippen LogP) is 4.29. The molecule has 0 saturated heterocycles. The van der Waals surface area contributed by atoms with Crippen LogP contribution in [0.4, 0.5) is 0 Å². The van der Waals surface area contributed by atoms with Crippen molar-refractivity contribution >= 4 is 58.7 Å². The Morgan fingerprint density at radius 3 is 1.21 bits per heavy atom. The summed E-state index contributed by atoms with van der Waals surface area (Å²) < 4.78 is 0. The summed E-state index contributed by atoms with van der Waals surface area (Å²) in [6, 6.07) is 0.133. The highest BCUT2D eigenvalue weighted by atomic mass is 32.2. The molecule has 0 rings (SSSR count). The van der Waals surface area contributed by atoms with Gasteiger partial charge in [0, 0.05) is 55.1 Å². The van der Waals surface area contributed by atoms with Crippen LogP contribution in [0, 0.1) is 5.92 Å². The second kappa shape index (κ2) is 26.3. The van der Waals surface area contributed by atoms with Crippen LogP contribution < -0.4 is 21.3 Å². The molecule has 10 nitrogen and oxygen atoms in total. The minimum absolute atomic E-state index is 0.00885. The van der Waals surface area contributed by atoms with E-state index in [0.29, 0.717) is 12.2 Å². The summed E-state index contributed by atoms with van der Waals surface area (Å²) in [7, 11) is 0. The predicted molar refractivity (Wildman–Crippen MR) is 181 cm³/mol. The molecule has 0 aromatic rings. The summed E-state index contributed by atoms with van der Waals surface area (Å²) in [5.74, 6) is 0.286. The van der Waals surface area contributed by atoms with Crippen LogP contribution in [0.3, 0.4) is 0 Å². The lowest BCUT2D eigenvalue weighted by atomic mass is 10.1. The van der Waals surface area contributed by atoms with E-state index in [0.717, 1.165) is 0 Å². The standard InChI is InChI=1S/C15H28N2O3S.C14H26N2O3S.C2H6/c1-9(2)12(18)8-21-13(15(20)17-11(5)6)7-14(19)16-10(3)4;1-9(2)15-13(18)8-12(14(19)16-10(3)4)20-7-6-11(5)17;1-2/h9-11,13H,7-8H2,1-6H3,(H,16,19)(H,17,20);9-10,12H,6-8H2,1-5H3,(H,15,18)(H,16,19);1-2H3. The molecule has 0 heterocycles. The first kappa shape index (κ1) is 45.4. The molecule has 2 unspecified atom stereocenters. The zero-order valence-corrected chi connectivity index (χ0v) is 30.5. The molecule has 0 radical (unpaired) electrons. The summed E-state index contributed by atoms with van der Waals surface area (Å²) in [5.41, 5.74) is 0. The quantitative estimate of drug-likeness (QED) is 0.172. The van der Waals surface area contributed by atoms with Gasteiger partial charge >= 0.3 is 0 Å². The van der Waals surface area contributed by atoms with Gasteiger partial charge in [-0.05, 0) is 62.3 Å². The van der Waals surface area contributed by atoms with Gasteiger partial charge in [-0.3, -0.25) is 28.8 Å². The van der Waals surface area contributed by atoms with Gasteiger partial charge in [-0.25, -0.2) is 0 Å². The third kappa shape index (κ3) is 28.4. The maximum atomic E-state index is 12.1. The van der Waals surface area contributed by atoms with Gasteiger partial charge in [0.15, 0.2) is 0 Å². The second-order valence-electron chi connectivity index (χ2n) is 11.4. The van der Waals surface area contributed by atoms with Gasteiger partial charge in [0.1, 0.15) is 11.6 Å². The van der Waals surface area contributed by atoms with Crippen molar-refractivity contribution in [1.29, 1.82) is 0 Å². The van der Waals surface area contributed by atoms with Crippen molar-refractivity contribution in [2.45, 2.75) is 144 Å². The molecule has 4 amide bonds. The van der Waals surface area contributed by atoms with E-state index in [1.165, 1.54) is 30.4 Å². The number of rotatable bonds is 18. The fraction of sp³-hybridized carbons (Fsp3) is 0.806. The maximum Gasteiger partial charge on any atom is 0.233 e. The Hall–Kier alpha value is -2.08. The summed E-state index contributed by atoms with van der Waals surface area (Å²) >= 11 is 2.60. The lowest BCUT2D eigenvalue weighted by Gasteiger charge is -2.19. The van der Waals surface area contributed by atoms with Crippen molar-refractivity contribution in [2.75, 3.05) is 11.5 Å². The Morgan fingerprint density at radius 2 is 0.907 bits per heavy atom. The molecular formula is C31H60N4O6S2. The van der Waals surface area contributed by atoms with Gasteiger partial charge in [-0.1, -0.05) is 27.7 Å². The minimum atomic E-state index is -0.533. The first-order chi connectivity index (χ1) is 19.8. The van der Waals surface area contributed by atoms with Gasteiger partial charge in [-0.2, -0.15) is 0 Å². The molecule has 0 spiro atoms. The van der Waals surface area contributed by atoms with Gasteiger partial charge < -0.3 is 21.3 Å². The van der Waals surface area contributed by atoms with Crippen molar-refractivity contribution in [1.82, 2.24) is 21.3 Å². The molecule has 2 atom stereocenters. The third-order valence-electron chi connectivity index (χ3n) is 4.93. The maximum absolute atomic E-state index is 12.1. The Labute approximate surface area is 269 Å². The van der Waals surface area contributed by atoms with Crippen molar-refractivity contribution in [3.8, 4) is 0 Å². The lowest BCUT2D eigenvalue weighted by molar-refractivity contribution is -0.126. The number of hydrogen-bond acceptors (Lipinski definition) is 8. The van der Waals surface area contributed by atoms with E-state index in [1.54, 1.807) is 0 Å². The molecule has 43 heavy (non-hydrogen) atoms. The van der Waals surface area contributed by atoms with Gasteiger partial charge in [-0.15, -0.1) is 23.5 Å². The van der Waals surface area contributed by atoms with E-state index in [9.17, 15) is 28.8 Å². The van der Waals surface area contributed by atoms with E-state index in [2.05, 4.69) is 21.3 Å². The normalized spacial score (nSPS) is 12.0. The van der Waals surface area contributed by atoms with E-state index >= 15 is 0 Å². The minimum Gasteiger partial charge on any atom is -0.354 e. The van der Waals surface area contributed by atoms with E-state index in [1.807, 2.05) is 83.1 Å². The van der Waals surface area contributed by atoms with Crippen LogP contribution in [0.25, 0.3) is 0 Å². The zero-order chi connectivity index (χ0) is 34.3. The van der Waals surface area contributed by atoms with E-state index in [4.69, 9.17) is 0 Å². The average Bonchev–Trinajstić information content (AvgIpc) is 2.85. The molecule has 0 fully saturated rings. The largest absolute Gasteiger partial charge is 0.354 e. The number of nitrogens with one attached hydrogen (secondary N) is 4. The van der Waals surface area contributed by atoms with Crippen LogP contribution in [0.15, 0.2) is 0 Å². The number of thioether (sulfide) groups is 2. The van der Waals surface area contributed by atoms with Gasteiger partial charge in [0.2, 0.25) is 23.6 Å². The molecule has 0 aliphatic heterocycles. The Kier molecular flexibility index (Phi) is 27.8. The Morgan fingerprint density at radius 1 is 0.558 bits per heavy atom. The molecule has 0 aromatic heterocycles. The topological polar surface area (TPSA) is 151 Å². The smallest absolute Gasteiger partial charge is 0.233 e. The molecule has 252 valence electrons. The molecule has 0 aromatic carbocycles. The summed E-state index contributed by atoms with van der Waals surface area (Å²) in [6.07, 6.45) is 0.647. The SMILES string of the molecule is CC.CC(=O)CCSC(CC(=O)NC(C)C)C(=O)NC(C)C.CC(C)NC(=O)CC(SCC(=O)C(C)C)C(=O)NC(C)C. The fourth-order valence-electron chi connectivity index (χ4n) is 3.00. The van der Waals surface area contributed by atoms with Crippen molar-refractivity contribution in [3.05, 3.63) is 0 Å². The molecule has 0 bridgehead atoms. The third-order valence-corrected chi connectivity index (χ3v) is 7.39. The lowest BCUT2D eigenvalue weighted by Crippen LogP contribution is -2.41. The summed E-state index contributed by atoms with van der Waals surface area (Å²) in [6.45, 7) is 24.2. The van der Waals surface area contributed by atoms with E-state index < -0.39 is 10.5 Å².